The molecule has 1 N–H and O–H groups in total. The summed E-state index contributed by atoms with van der Waals surface area (Å²) in [6, 6.07) is 20.7. The van der Waals surface area contributed by atoms with Crippen LogP contribution in [0.15, 0.2) is 75.6 Å². The molecule has 0 spiro atoms. The summed E-state index contributed by atoms with van der Waals surface area (Å²) in [4.78, 5) is 17.4. The summed E-state index contributed by atoms with van der Waals surface area (Å²) in [5, 5.41) is 2.91. The highest BCUT2D eigenvalue weighted by Gasteiger charge is 2.30. The third-order valence-corrected chi connectivity index (χ3v) is 5.65. The number of ether oxygens (including phenoxy) is 1. The predicted octanol–water partition coefficient (Wildman–Crippen LogP) is 6.66. The van der Waals surface area contributed by atoms with Gasteiger partial charge in [0, 0.05) is 19.3 Å². The number of aromatic nitrogens is 1. The Bertz CT molecular complexity index is 1220. The van der Waals surface area contributed by atoms with Crippen LogP contribution in [0.3, 0.4) is 0 Å². The van der Waals surface area contributed by atoms with Crippen LogP contribution in [0.1, 0.15) is 13.8 Å². The number of halogens is 2. The van der Waals surface area contributed by atoms with E-state index in [0.29, 0.717) is 28.4 Å². The first-order valence-corrected chi connectivity index (χ1v) is 11.1. The number of carbonyl (C=O) groups is 1. The second-order valence-corrected chi connectivity index (χ2v) is 9.39. The summed E-state index contributed by atoms with van der Waals surface area (Å²) in [5.74, 6) is 0.907. The van der Waals surface area contributed by atoms with Gasteiger partial charge in [0.2, 0.25) is 5.89 Å². The highest BCUT2D eigenvalue weighted by atomic mass is 127. The second-order valence-electron chi connectivity index (χ2n) is 7.23. The van der Waals surface area contributed by atoms with Crippen LogP contribution in [-0.4, -0.2) is 16.5 Å². The Morgan fingerprint density at radius 2 is 1.87 bits per heavy atom. The maximum absolute atomic E-state index is 12.8. The summed E-state index contributed by atoms with van der Waals surface area (Å²) < 4.78 is 13.8. The number of nitrogens with one attached hydrogen (secondary N) is 1. The number of carbonyl (C=O) groups excluding carboxylic acids is 1. The zero-order chi connectivity index (χ0) is 21.3. The fourth-order valence-corrected chi connectivity index (χ4v) is 3.68. The number of hydrogen-bond donors (Lipinski definition) is 1. The van der Waals surface area contributed by atoms with Gasteiger partial charge in [-0.15, -0.1) is 0 Å². The van der Waals surface area contributed by atoms with Crippen LogP contribution in [-0.2, 0) is 4.79 Å². The van der Waals surface area contributed by atoms with Crippen LogP contribution in [0.25, 0.3) is 22.6 Å². The molecule has 0 aliphatic carbocycles. The van der Waals surface area contributed by atoms with E-state index in [0.717, 1.165) is 13.6 Å². The van der Waals surface area contributed by atoms with Gasteiger partial charge in [-0.1, -0.05) is 22.0 Å². The molecule has 0 atom stereocenters. The number of hydrogen-bond acceptors (Lipinski definition) is 4. The summed E-state index contributed by atoms with van der Waals surface area (Å²) in [5.41, 5.74) is 1.81. The lowest BCUT2D eigenvalue weighted by Gasteiger charge is -2.25. The predicted molar refractivity (Wildman–Crippen MR) is 130 cm³/mol. The number of fused-ring (bicyclic) bond motifs is 1. The largest absolute Gasteiger partial charge is 0.478 e. The standard InChI is InChI=1S/C23H18BrIN2O3/c1-23(2,30-18-9-6-15(24)7-10-18)22(28)26-17-8-11-20-19(13-17)27-21(29-20)14-4-3-5-16(25)12-14/h3-13H,1-2H3,(H,26,28). The van der Waals surface area contributed by atoms with Crippen molar-refractivity contribution in [3.05, 3.63) is 74.8 Å². The summed E-state index contributed by atoms with van der Waals surface area (Å²) in [6.45, 7) is 3.46. The first-order valence-electron chi connectivity index (χ1n) is 9.23. The van der Waals surface area contributed by atoms with E-state index in [1.54, 1.807) is 32.0 Å². The molecule has 152 valence electrons. The molecular weight excluding hydrogens is 559 g/mol. The number of amides is 1. The van der Waals surface area contributed by atoms with Crippen molar-refractivity contribution in [3.8, 4) is 17.2 Å². The van der Waals surface area contributed by atoms with E-state index >= 15 is 0 Å². The Hall–Kier alpha value is -2.39. The van der Waals surface area contributed by atoms with Crippen molar-refractivity contribution in [1.29, 1.82) is 0 Å². The van der Waals surface area contributed by atoms with Gasteiger partial charge in [0.15, 0.2) is 11.2 Å². The van der Waals surface area contributed by atoms with Gasteiger partial charge in [0.1, 0.15) is 11.3 Å². The Kier molecular flexibility index (Phi) is 5.84. The normalized spacial score (nSPS) is 11.5. The Labute approximate surface area is 196 Å². The smallest absolute Gasteiger partial charge is 0.267 e. The lowest BCUT2D eigenvalue weighted by Crippen LogP contribution is -2.42. The Morgan fingerprint density at radius 3 is 2.60 bits per heavy atom. The molecule has 0 aliphatic heterocycles. The quantitative estimate of drug-likeness (QED) is 0.270. The van der Waals surface area contributed by atoms with E-state index < -0.39 is 5.60 Å². The first kappa shape index (κ1) is 20.9. The molecule has 3 aromatic carbocycles. The summed E-state index contributed by atoms with van der Waals surface area (Å²) >= 11 is 5.64. The molecule has 0 saturated heterocycles. The van der Waals surface area contributed by atoms with Crippen LogP contribution in [0.4, 0.5) is 5.69 Å². The molecule has 0 unspecified atom stereocenters. The van der Waals surface area contributed by atoms with Gasteiger partial charge in [-0.3, -0.25) is 4.79 Å². The van der Waals surface area contributed by atoms with Crippen LogP contribution in [0.2, 0.25) is 0 Å². The van der Waals surface area contributed by atoms with Gasteiger partial charge in [0.05, 0.1) is 0 Å². The van der Waals surface area contributed by atoms with Crippen molar-refractivity contribution >= 4 is 61.2 Å². The van der Waals surface area contributed by atoms with Crippen LogP contribution in [0.5, 0.6) is 5.75 Å². The Balaban J connectivity index is 1.52. The molecule has 4 aromatic rings. The third-order valence-electron chi connectivity index (χ3n) is 4.45. The van der Waals surface area contributed by atoms with Crippen LogP contribution >= 0.6 is 38.5 Å². The van der Waals surface area contributed by atoms with Gasteiger partial charge < -0.3 is 14.5 Å². The molecule has 5 nitrogen and oxygen atoms in total. The van der Waals surface area contributed by atoms with Crippen molar-refractivity contribution < 1.29 is 13.9 Å². The van der Waals surface area contributed by atoms with Crippen LogP contribution < -0.4 is 10.1 Å². The summed E-state index contributed by atoms with van der Waals surface area (Å²) in [6.07, 6.45) is 0. The van der Waals surface area contributed by atoms with Crippen LogP contribution in [0, 0.1) is 3.57 Å². The third kappa shape index (κ3) is 4.67. The average molecular weight is 577 g/mol. The molecule has 1 amide bonds. The number of oxazole rings is 1. The monoisotopic (exact) mass is 576 g/mol. The SMILES string of the molecule is CC(C)(Oc1ccc(Br)cc1)C(=O)Nc1ccc2oc(-c3cccc(I)c3)nc2c1. The van der Waals surface area contributed by atoms with E-state index in [1.807, 2.05) is 48.5 Å². The summed E-state index contributed by atoms with van der Waals surface area (Å²) in [7, 11) is 0. The highest BCUT2D eigenvalue weighted by Crippen LogP contribution is 2.28. The maximum atomic E-state index is 12.8. The maximum Gasteiger partial charge on any atom is 0.267 e. The molecule has 0 radical (unpaired) electrons. The Morgan fingerprint density at radius 1 is 1.10 bits per heavy atom. The number of anilines is 1. The molecule has 0 bridgehead atoms. The van der Waals surface area contributed by atoms with Crippen molar-refractivity contribution in [2.45, 2.75) is 19.4 Å². The fourth-order valence-electron chi connectivity index (χ4n) is 2.88. The molecule has 0 saturated carbocycles. The lowest BCUT2D eigenvalue weighted by molar-refractivity contribution is -0.128. The van der Waals surface area contributed by atoms with E-state index in [9.17, 15) is 4.79 Å². The molecular formula is C23H18BrIN2O3. The number of rotatable bonds is 5. The van der Waals surface area contributed by atoms with Crippen molar-refractivity contribution in [2.75, 3.05) is 5.32 Å². The van der Waals surface area contributed by atoms with Crippen molar-refractivity contribution in [2.24, 2.45) is 0 Å². The van der Waals surface area contributed by atoms with Gasteiger partial charge in [-0.2, -0.15) is 0 Å². The number of nitrogens with zero attached hydrogens (tertiary/aromatic N) is 1. The van der Waals surface area contributed by atoms with Crippen molar-refractivity contribution in [1.82, 2.24) is 4.98 Å². The van der Waals surface area contributed by atoms with E-state index in [2.05, 4.69) is 48.8 Å². The second kappa shape index (κ2) is 8.39. The average Bonchev–Trinajstić information content (AvgIpc) is 3.13. The van der Waals surface area contributed by atoms with E-state index in [4.69, 9.17) is 9.15 Å². The minimum atomic E-state index is -1.06. The van der Waals surface area contributed by atoms with E-state index in [-0.39, 0.29) is 5.91 Å². The van der Waals surface area contributed by atoms with Gasteiger partial charge in [-0.25, -0.2) is 4.98 Å². The minimum Gasteiger partial charge on any atom is -0.478 e. The van der Waals surface area contributed by atoms with Gasteiger partial charge in [-0.05, 0) is 97.1 Å². The fraction of sp³-hybridized carbons (Fsp3) is 0.130. The van der Waals surface area contributed by atoms with E-state index in [1.165, 1.54) is 0 Å². The molecule has 0 fully saturated rings. The van der Waals surface area contributed by atoms with Gasteiger partial charge >= 0.3 is 0 Å². The minimum absolute atomic E-state index is 0.258. The lowest BCUT2D eigenvalue weighted by atomic mass is 10.1. The molecule has 1 aromatic heterocycles. The molecule has 30 heavy (non-hydrogen) atoms. The molecule has 0 aliphatic rings. The zero-order valence-electron chi connectivity index (χ0n) is 16.3. The zero-order valence-corrected chi connectivity index (χ0v) is 20.0. The number of benzene rings is 3. The molecule has 7 heteroatoms. The first-order chi connectivity index (χ1) is 14.3. The van der Waals surface area contributed by atoms with Crippen molar-refractivity contribution in [3.63, 3.8) is 0 Å². The topological polar surface area (TPSA) is 64.4 Å². The highest BCUT2D eigenvalue weighted by molar-refractivity contribution is 14.1. The van der Waals surface area contributed by atoms with Gasteiger partial charge in [0.25, 0.3) is 5.91 Å². The molecule has 4 rings (SSSR count). The molecule has 1 heterocycles.